The molecule has 0 aromatic heterocycles. The van der Waals surface area contributed by atoms with E-state index in [1.54, 1.807) is 6.07 Å². The van der Waals surface area contributed by atoms with Gasteiger partial charge in [0.25, 0.3) is 0 Å². The van der Waals surface area contributed by atoms with Crippen molar-refractivity contribution in [3.8, 4) is 16.9 Å². The second-order valence-corrected chi connectivity index (χ2v) is 4.49. The Labute approximate surface area is 112 Å². The number of phenols is 1. The molecule has 0 fully saturated rings. The normalized spacial score (nSPS) is 10.4. The zero-order valence-corrected chi connectivity index (χ0v) is 10.8. The zero-order chi connectivity index (χ0) is 13.8. The molecule has 19 heavy (non-hydrogen) atoms. The van der Waals surface area contributed by atoms with Crippen LogP contribution in [0.5, 0.6) is 5.75 Å². The fraction of sp³-hybridized carbons (Fsp3) is 0.188. The number of rotatable bonds is 4. The highest BCUT2D eigenvalue weighted by molar-refractivity contribution is 5.89. The van der Waals surface area contributed by atoms with Crippen molar-refractivity contribution in [3.05, 3.63) is 53.6 Å². The maximum atomic E-state index is 10.8. The number of carboxylic acids is 1. The first-order valence-electron chi connectivity index (χ1n) is 6.27. The van der Waals surface area contributed by atoms with Crippen LogP contribution in [-0.2, 0) is 6.42 Å². The van der Waals surface area contributed by atoms with Gasteiger partial charge in [-0.25, -0.2) is 4.79 Å². The highest BCUT2D eigenvalue weighted by atomic mass is 16.4. The summed E-state index contributed by atoms with van der Waals surface area (Å²) in [5.41, 5.74) is 2.86. The Kier molecular flexibility index (Phi) is 3.85. The molecule has 0 bridgehead atoms. The minimum absolute atomic E-state index is 0.00597. The van der Waals surface area contributed by atoms with Gasteiger partial charge in [0.2, 0.25) is 0 Å². The number of aryl methyl sites for hydroxylation is 1. The molecule has 0 heterocycles. The fourth-order valence-electron chi connectivity index (χ4n) is 2.09. The number of phenolic OH excluding ortho intramolecular Hbond substituents is 1. The number of benzene rings is 2. The number of carbonyl (C=O) groups is 1. The van der Waals surface area contributed by atoms with E-state index in [1.807, 2.05) is 18.2 Å². The van der Waals surface area contributed by atoms with Gasteiger partial charge in [-0.05, 0) is 35.7 Å². The molecule has 2 rings (SSSR count). The summed E-state index contributed by atoms with van der Waals surface area (Å²) in [4.78, 5) is 10.8. The molecule has 0 aliphatic heterocycles. The minimum atomic E-state index is -1.04. The van der Waals surface area contributed by atoms with Gasteiger partial charge in [0.15, 0.2) is 0 Å². The molecule has 98 valence electrons. The molecule has 3 nitrogen and oxygen atoms in total. The number of aromatic hydroxyl groups is 1. The Balaban J connectivity index is 2.41. The van der Waals surface area contributed by atoms with E-state index in [1.165, 1.54) is 17.7 Å². The number of hydrogen-bond acceptors (Lipinski definition) is 2. The molecule has 0 spiro atoms. The number of aromatic carboxylic acids is 1. The van der Waals surface area contributed by atoms with Crippen molar-refractivity contribution >= 4 is 5.97 Å². The first-order chi connectivity index (χ1) is 9.11. The Bertz CT molecular complexity index is 603. The zero-order valence-electron chi connectivity index (χ0n) is 10.8. The maximum absolute atomic E-state index is 10.8. The van der Waals surface area contributed by atoms with E-state index < -0.39 is 5.97 Å². The molecule has 0 aliphatic carbocycles. The highest BCUT2D eigenvalue weighted by Gasteiger charge is 2.09. The van der Waals surface area contributed by atoms with E-state index in [-0.39, 0.29) is 11.3 Å². The third-order valence-electron chi connectivity index (χ3n) is 3.02. The van der Waals surface area contributed by atoms with E-state index in [2.05, 4.69) is 13.0 Å². The van der Waals surface area contributed by atoms with Crippen molar-refractivity contribution in [1.29, 1.82) is 0 Å². The van der Waals surface area contributed by atoms with Gasteiger partial charge in [0.05, 0.1) is 5.56 Å². The molecule has 0 radical (unpaired) electrons. The summed E-state index contributed by atoms with van der Waals surface area (Å²) in [6, 6.07) is 12.4. The molecule has 0 amide bonds. The van der Waals surface area contributed by atoms with Gasteiger partial charge in [-0.1, -0.05) is 37.6 Å². The van der Waals surface area contributed by atoms with Gasteiger partial charge in [-0.3, -0.25) is 0 Å². The van der Waals surface area contributed by atoms with Crippen LogP contribution >= 0.6 is 0 Å². The molecule has 0 saturated heterocycles. The van der Waals surface area contributed by atoms with Crippen molar-refractivity contribution in [1.82, 2.24) is 0 Å². The first-order valence-corrected chi connectivity index (χ1v) is 6.27. The topological polar surface area (TPSA) is 57.5 Å². The Morgan fingerprint density at radius 1 is 1.16 bits per heavy atom. The van der Waals surface area contributed by atoms with Gasteiger partial charge in [-0.15, -0.1) is 0 Å². The lowest BCUT2D eigenvalue weighted by molar-refractivity contribution is 0.0696. The van der Waals surface area contributed by atoms with Crippen molar-refractivity contribution in [2.45, 2.75) is 19.8 Å². The van der Waals surface area contributed by atoms with Crippen molar-refractivity contribution in [2.75, 3.05) is 0 Å². The van der Waals surface area contributed by atoms with Crippen LogP contribution in [0.1, 0.15) is 29.3 Å². The summed E-state index contributed by atoms with van der Waals surface area (Å²) in [7, 11) is 0. The Morgan fingerprint density at radius 2 is 1.95 bits per heavy atom. The van der Waals surface area contributed by atoms with Crippen molar-refractivity contribution < 1.29 is 15.0 Å². The quantitative estimate of drug-likeness (QED) is 0.876. The van der Waals surface area contributed by atoms with Gasteiger partial charge in [0.1, 0.15) is 5.75 Å². The molecule has 0 atom stereocenters. The number of hydrogen-bond donors (Lipinski definition) is 2. The minimum Gasteiger partial charge on any atom is -0.507 e. The predicted octanol–water partition coefficient (Wildman–Crippen LogP) is 3.71. The van der Waals surface area contributed by atoms with E-state index in [9.17, 15) is 9.90 Å². The van der Waals surface area contributed by atoms with Crippen molar-refractivity contribution in [3.63, 3.8) is 0 Å². The van der Waals surface area contributed by atoms with E-state index in [4.69, 9.17) is 5.11 Å². The van der Waals surface area contributed by atoms with Crippen LogP contribution in [0.3, 0.4) is 0 Å². The van der Waals surface area contributed by atoms with E-state index >= 15 is 0 Å². The van der Waals surface area contributed by atoms with Crippen molar-refractivity contribution in [2.24, 2.45) is 0 Å². The van der Waals surface area contributed by atoms with E-state index in [0.717, 1.165) is 18.4 Å². The molecule has 2 N–H and O–H groups in total. The van der Waals surface area contributed by atoms with Crippen LogP contribution in [0.25, 0.3) is 11.1 Å². The summed E-state index contributed by atoms with van der Waals surface area (Å²) in [5, 5.41) is 18.8. The van der Waals surface area contributed by atoms with Gasteiger partial charge >= 0.3 is 5.97 Å². The van der Waals surface area contributed by atoms with Gasteiger partial charge < -0.3 is 10.2 Å². The summed E-state index contributed by atoms with van der Waals surface area (Å²) >= 11 is 0. The second kappa shape index (κ2) is 5.57. The van der Waals surface area contributed by atoms with E-state index in [0.29, 0.717) is 5.56 Å². The summed E-state index contributed by atoms with van der Waals surface area (Å²) in [6.45, 7) is 2.12. The lowest BCUT2D eigenvalue weighted by atomic mass is 9.99. The standard InChI is InChI=1S/C16H16O3/c1-2-4-11-5-3-6-12(9-11)14-8-7-13(16(18)19)10-15(14)17/h3,5-10,17H,2,4H2,1H3,(H,18,19). The lowest BCUT2D eigenvalue weighted by Gasteiger charge is -2.08. The molecule has 2 aromatic carbocycles. The predicted molar refractivity (Wildman–Crippen MR) is 74.5 cm³/mol. The summed E-state index contributed by atoms with van der Waals surface area (Å²) < 4.78 is 0. The first kappa shape index (κ1) is 13.1. The third kappa shape index (κ3) is 2.94. The lowest BCUT2D eigenvalue weighted by Crippen LogP contribution is -1.95. The van der Waals surface area contributed by atoms with Gasteiger partial charge in [0, 0.05) is 5.56 Å². The van der Waals surface area contributed by atoms with Crippen LogP contribution in [-0.4, -0.2) is 16.2 Å². The highest BCUT2D eigenvalue weighted by Crippen LogP contribution is 2.30. The number of carboxylic acid groups (broad SMARTS) is 1. The third-order valence-corrected chi connectivity index (χ3v) is 3.02. The average molecular weight is 256 g/mol. The second-order valence-electron chi connectivity index (χ2n) is 4.49. The maximum Gasteiger partial charge on any atom is 0.335 e. The van der Waals surface area contributed by atoms with Crippen LogP contribution in [0, 0.1) is 0 Å². The average Bonchev–Trinajstić information content (AvgIpc) is 2.39. The Morgan fingerprint density at radius 3 is 2.58 bits per heavy atom. The molecular formula is C16H16O3. The van der Waals surface area contributed by atoms with Gasteiger partial charge in [-0.2, -0.15) is 0 Å². The molecule has 0 aliphatic rings. The van der Waals surface area contributed by atoms with Crippen LogP contribution < -0.4 is 0 Å². The van der Waals surface area contributed by atoms with Crippen LogP contribution in [0.15, 0.2) is 42.5 Å². The van der Waals surface area contributed by atoms with Crippen LogP contribution in [0.2, 0.25) is 0 Å². The smallest absolute Gasteiger partial charge is 0.335 e. The summed E-state index contributed by atoms with van der Waals surface area (Å²) in [6.07, 6.45) is 2.05. The molecule has 0 unspecified atom stereocenters. The summed E-state index contributed by atoms with van der Waals surface area (Å²) in [5.74, 6) is -1.05. The molecular weight excluding hydrogens is 240 g/mol. The molecule has 0 saturated carbocycles. The SMILES string of the molecule is CCCc1cccc(-c2ccc(C(=O)O)cc2O)c1. The monoisotopic (exact) mass is 256 g/mol. The largest absolute Gasteiger partial charge is 0.507 e. The fourth-order valence-corrected chi connectivity index (χ4v) is 2.09. The Hall–Kier alpha value is -2.29. The molecule has 2 aromatic rings. The van der Waals surface area contributed by atoms with Crippen LogP contribution in [0.4, 0.5) is 0 Å². The molecule has 3 heteroatoms.